The van der Waals surface area contributed by atoms with Crippen molar-refractivity contribution in [3.8, 4) is 5.75 Å². The predicted octanol–water partition coefficient (Wildman–Crippen LogP) is 3.09. The molecule has 0 spiro atoms. The summed E-state index contributed by atoms with van der Waals surface area (Å²) in [6.45, 7) is 9.13. The first-order chi connectivity index (χ1) is 10.6. The third-order valence-electron chi connectivity index (χ3n) is 4.59. The van der Waals surface area contributed by atoms with Gasteiger partial charge >= 0.3 is 0 Å². The molecule has 1 atom stereocenters. The molecule has 1 saturated heterocycles. The van der Waals surface area contributed by atoms with Crippen molar-refractivity contribution in [2.24, 2.45) is 0 Å². The van der Waals surface area contributed by atoms with Gasteiger partial charge in [-0.3, -0.25) is 4.90 Å². The molecule has 5 heteroatoms. The molecule has 1 heterocycles. The molecule has 1 fully saturated rings. The summed E-state index contributed by atoms with van der Waals surface area (Å²) in [5.74, 6) is 0.584. The lowest BCUT2D eigenvalue weighted by molar-refractivity contribution is -0.1000. The third-order valence-corrected chi connectivity index (χ3v) is 4.91. The fraction of sp³-hybridized carbons (Fsp3) is 0.667. The highest BCUT2D eigenvalue weighted by molar-refractivity contribution is 6.32. The quantitative estimate of drug-likeness (QED) is 0.864. The summed E-state index contributed by atoms with van der Waals surface area (Å²) >= 11 is 6.06. The molecular formula is C18H28ClNO3. The summed E-state index contributed by atoms with van der Waals surface area (Å²) in [4.78, 5) is 2.27. The summed E-state index contributed by atoms with van der Waals surface area (Å²) in [5, 5.41) is 21.0. The van der Waals surface area contributed by atoms with Gasteiger partial charge in [0.15, 0.2) is 0 Å². The maximum Gasteiger partial charge on any atom is 0.138 e. The van der Waals surface area contributed by atoms with Crippen LogP contribution in [0.15, 0.2) is 24.3 Å². The van der Waals surface area contributed by atoms with Gasteiger partial charge in [0, 0.05) is 17.6 Å². The third kappa shape index (κ3) is 4.60. The van der Waals surface area contributed by atoms with Crippen molar-refractivity contribution in [3.63, 3.8) is 0 Å². The highest BCUT2D eigenvalue weighted by atomic mass is 35.5. The molecule has 130 valence electrons. The number of β-amino-alcohol motifs (C(OH)–C–C–N with tert-alkyl or cyclic N) is 1. The lowest BCUT2D eigenvalue weighted by Gasteiger charge is -2.54. The van der Waals surface area contributed by atoms with E-state index in [0.717, 1.165) is 0 Å². The Morgan fingerprint density at radius 2 is 1.78 bits per heavy atom. The number of hydrogen-bond acceptors (Lipinski definition) is 4. The molecular weight excluding hydrogens is 314 g/mol. The van der Waals surface area contributed by atoms with E-state index in [2.05, 4.69) is 32.6 Å². The minimum Gasteiger partial charge on any atom is -0.489 e. The average molecular weight is 342 g/mol. The van der Waals surface area contributed by atoms with Gasteiger partial charge in [-0.05, 0) is 52.7 Å². The van der Waals surface area contributed by atoms with Crippen molar-refractivity contribution in [1.82, 2.24) is 4.90 Å². The number of aliphatic hydroxyl groups excluding tert-OH is 2. The van der Waals surface area contributed by atoms with E-state index in [0.29, 0.717) is 30.2 Å². The van der Waals surface area contributed by atoms with Crippen LogP contribution < -0.4 is 4.74 Å². The van der Waals surface area contributed by atoms with E-state index in [1.54, 1.807) is 12.1 Å². The van der Waals surface area contributed by atoms with Crippen LogP contribution in [0.2, 0.25) is 5.02 Å². The topological polar surface area (TPSA) is 52.9 Å². The van der Waals surface area contributed by atoms with E-state index in [1.807, 2.05) is 12.1 Å². The second-order valence-corrected chi connectivity index (χ2v) is 8.10. The van der Waals surface area contributed by atoms with Crippen LogP contribution in [0.5, 0.6) is 5.75 Å². The van der Waals surface area contributed by atoms with Gasteiger partial charge in [0.25, 0.3) is 0 Å². The van der Waals surface area contributed by atoms with Crippen LogP contribution >= 0.6 is 11.6 Å². The highest BCUT2D eigenvalue weighted by Crippen LogP contribution is 2.38. The zero-order chi connectivity index (χ0) is 17.3. The molecule has 4 nitrogen and oxygen atoms in total. The Morgan fingerprint density at radius 1 is 1.22 bits per heavy atom. The van der Waals surface area contributed by atoms with Crippen molar-refractivity contribution >= 4 is 11.6 Å². The summed E-state index contributed by atoms with van der Waals surface area (Å²) in [5.41, 5.74) is -0.348. The molecule has 23 heavy (non-hydrogen) atoms. The maximum atomic E-state index is 10.4. The number of piperidine rings is 1. The van der Waals surface area contributed by atoms with Crippen molar-refractivity contribution in [1.29, 1.82) is 0 Å². The first-order valence-electron chi connectivity index (χ1n) is 8.13. The van der Waals surface area contributed by atoms with Crippen molar-refractivity contribution in [3.05, 3.63) is 29.3 Å². The van der Waals surface area contributed by atoms with Crippen LogP contribution in [0, 0.1) is 0 Å². The number of benzene rings is 1. The smallest absolute Gasteiger partial charge is 0.138 e. The molecule has 2 N–H and O–H groups in total. The molecule has 1 aliphatic heterocycles. The molecule has 0 amide bonds. The van der Waals surface area contributed by atoms with Crippen LogP contribution in [0.25, 0.3) is 0 Å². The Morgan fingerprint density at radius 3 is 2.35 bits per heavy atom. The Bertz CT molecular complexity index is 515. The number of rotatable bonds is 5. The van der Waals surface area contributed by atoms with Crippen LogP contribution in [0.4, 0.5) is 0 Å². The fourth-order valence-corrected chi connectivity index (χ4v) is 3.96. The second kappa shape index (κ2) is 6.98. The summed E-state index contributed by atoms with van der Waals surface area (Å²) in [6.07, 6.45) is 0.482. The number of hydrogen-bond donors (Lipinski definition) is 2. The molecule has 0 bridgehead atoms. The Kier molecular flexibility index (Phi) is 5.62. The first kappa shape index (κ1) is 18.5. The fourth-order valence-electron chi connectivity index (χ4n) is 3.77. The highest BCUT2D eigenvalue weighted by Gasteiger charge is 2.45. The van der Waals surface area contributed by atoms with E-state index in [-0.39, 0.29) is 23.8 Å². The van der Waals surface area contributed by atoms with Crippen LogP contribution in [-0.2, 0) is 0 Å². The van der Waals surface area contributed by atoms with Crippen LogP contribution in [0.3, 0.4) is 0 Å². The molecule has 0 radical (unpaired) electrons. The molecule has 0 aliphatic carbocycles. The van der Waals surface area contributed by atoms with Gasteiger partial charge in [-0.15, -0.1) is 0 Å². The molecule has 0 aromatic heterocycles. The SMILES string of the molecule is CC1(C)CC(O)CC(C)(C)N1C[C@H](O)COc1ccccc1Cl. The Hall–Kier alpha value is -0.810. The standard InChI is InChI=1S/C18H28ClNO3/c1-17(2)9-13(21)10-18(3,4)20(17)11-14(22)12-23-16-8-6-5-7-15(16)19/h5-8,13-14,21-22H,9-12H2,1-4H3/t14-/m0/s1. The average Bonchev–Trinajstić information content (AvgIpc) is 2.41. The lowest BCUT2D eigenvalue weighted by atomic mass is 9.78. The van der Waals surface area contributed by atoms with Crippen LogP contribution in [0.1, 0.15) is 40.5 Å². The van der Waals surface area contributed by atoms with Gasteiger partial charge < -0.3 is 14.9 Å². The second-order valence-electron chi connectivity index (χ2n) is 7.69. The van der Waals surface area contributed by atoms with Gasteiger partial charge in [-0.1, -0.05) is 23.7 Å². The van der Waals surface area contributed by atoms with Gasteiger partial charge in [-0.2, -0.15) is 0 Å². The predicted molar refractivity (Wildman–Crippen MR) is 93.1 cm³/mol. The summed E-state index contributed by atoms with van der Waals surface area (Å²) < 4.78 is 5.64. The first-order valence-corrected chi connectivity index (χ1v) is 8.51. The monoisotopic (exact) mass is 341 g/mol. The molecule has 0 saturated carbocycles. The molecule has 0 unspecified atom stereocenters. The zero-order valence-electron chi connectivity index (χ0n) is 14.4. The van der Waals surface area contributed by atoms with Gasteiger partial charge in [0.2, 0.25) is 0 Å². The molecule has 1 aliphatic rings. The number of likely N-dealkylation sites (tertiary alicyclic amines) is 1. The van der Waals surface area contributed by atoms with E-state index in [1.165, 1.54) is 0 Å². The normalized spacial score (nSPS) is 22.7. The number of ether oxygens (including phenoxy) is 1. The van der Waals surface area contributed by atoms with Crippen molar-refractivity contribution < 1.29 is 14.9 Å². The Labute approximate surface area is 144 Å². The maximum absolute atomic E-state index is 10.4. The Balaban J connectivity index is 1.98. The molecule has 1 aromatic rings. The largest absolute Gasteiger partial charge is 0.489 e. The van der Waals surface area contributed by atoms with Gasteiger partial charge in [0.05, 0.1) is 11.1 Å². The van der Waals surface area contributed by atoms with E-state index < -0.39 is 6.10 Å². The minimum atomic E-state index is -0.625. The summed E-state index contributed by atoms with van der Waals surface area (Å²) in [7, 11) is 0. The number of para-hydroxylation sites is 1. The number of halogens is 1. The minimum absolute atomic E-state index is 0.174. The number of nitrogens with zero attached hydrogens (tertiary/aromatic N) is 1. The molecule has 1 aromatic carbocycles. The van der Waals surface area contributed by atoms with E-state index in [4.69, 9.17) is 16.3 Å². The molecule has 2 rings (SSSR count). The zero-order valence-corrected chi connectivity index (χ0v) is 15.2. The van der Waals surface area contributed by atoms with Crippen molar-refractivity contribution in [2.75, 3.05) is 13.2 Å². The van der Waals surface area contributed by atoms with Gasteiger partial charge in [-0.25, -0.2) is 0 Å². The van der Waals surface area contributed by atoms with Crippen molar-refractivity contribution in [2.45, 2.75) is 63.8 Å². The van der Waals surface area contributed by atoms with E-state index in [9.17, 15) is 10.2 Å². The van der Waals surface area contributed by atoms with Gasteiger partial charge in [0.1, 0.15) is 18.5 Å². The summed E-state index contributed by atoms with van der Waals surface area (Å²) in [6, 6.07) is 7.25. The van der Waals surface area contributed by atoms with Crippen LogP contribution in [-0.4, -0.2) is 51.6 Å². The lowest BCUT2D eigenvalue weighted by Crippen LogP contribution is -2.63. The van der Waals surface area contributed by atoms with E-state index >= 15 is 0 Å². The number of aliphatic hydroxyl groups is 2.